The molecule has 0 spiro atoms. The van der Waals surface area contributed by atoms with Gasteiger partial charge in [0.15, 0.2) is 0 Å². The van der Waals surface area contributed by atoms with Gasteiger partial charge in [0.25, 0.3) is 5.22 Å². The first-order valence-corrected chi connectivity index (χ1v) is 6.26. The van der Waals surface area contributed by atoms with Gasteiger partial charge in [-0.2, -0.15) is 0 Å². The van der Waals surface area contributed by atoms with Gasteiger partial charge in [0.2, 0.25) is 11.8 Å². The summed E-state index contributed by atoms with van der Waals surface area (Å²) >= 11 is 1.26. The summed E-state index contributed by atoms with van der Waals surface area (Å²) in [6.07, 6.45) is 0.996. The Balaban J connectivity index is 2.15. The number of hydrogen-bond acceptors (Lipinski definition) is 5. The van der Waals surface area contributed by atoms with E-state index in [4.69, 9.17) is 4.42 Å². The topological polar surface area (TPSA) is 68.0 Å². The molecule has 6 heteroatoms. The second-order valence-corrected chi connectivity index (χ2v) is 4.83. The minimum Gasteiger partial charge on any atom is -0.416 e. The number of carbonyl (C=O) groups excluding carboxylic acids is 1. The van der Waals surface area contributed by atoms with Crippen molar-refractivity contribution in [2.24, 2.45) is 5.92 Å². The van der Waals surface area contributed by atoms with Crippen molar-refractivity contribution >= 4 is 17.7 Å². The quantitative estimate of drug-likeness (QED) is 0.769. The summed E-state index contributed by atoms with van der Waals surface area (Å²) in [4.78, 5) is 11.4. The van der Waals surface area contributed by atoms with Gasteiger partial charge in [0.1, 0.15) is 0 Å². The Hall–Kier alpha value is -1.04. The van der Waals surface area contributed by atoms with E-state index in [0.29, 0.717) is 22.8 Å². The van der Waals surface area contributed by atoms with E-state index >= 15 is 0 Å². The molecule has 0 unspecified atom stereocenters. The lowest BCUT2D eigenvalue weighted by atomic mass is 10.1. The van der Waals surface area contributed by atoms with Crippen LogP contribution >= 0.6 is 11.8 Å². The first-order valence-electron chi connectivity index (χ1n) is 5.27. The number of hydrogen-bond donors (Lipinski definition) is 1. The van der Waals surface area contributed by atoms with Crippen molar-refractivity contribution in [2.45, 2.75) is 32.4 Å². The number of rotatable bonds is 6. The largest absolute Gasteiger partial charge is 0.416 e. The molecular formula is C10H17N3O2S. The van der Waals surface area contributed by atoms with Crippen LogP contribution < -0.4 is 5.32 Å². The highest BCUT2D eigenvalue weighted by Gasteiger charge is 2.07. The maximum absolute atomic E-state index is 11.4. The zero-order valence-electron chi connectivity index (χ0n) is 9.82. The van der Waals surface area contributed by atoms with Gasteiger partial charge in [0, 0.05) is 13.5 Å². The second-order valence-electron chi connectivity index (χ2n) is 3.91. The Morgan fingerprint density at radius 3 is 2.81 bits per heavy atom. The molecule has 1 aromatic rings. The minimum atomic E-state index is 0.00139. The van der Waals surface area contributed by atoms with Gasteiger partial charge in [-0.25, -0.2) is 0 Å². The molecule has 1 N–H and O–H groups in total. The summed E-state index contributed by atoms with van der Waals surface area (Å²) < 4.78 is 5.14. The molecule has 0 aliphatic rings. The van der Waals surface area contributed by atoms with Crippen LogP contribution in [0.1, 0.15) is 26.2 Å². The molecule has 5 nitrogen and oxygen atoms in total. The molecule has 0 saturated carbocycles. The Labute approximate surface area is 99.4 Å². The molecule has 0 aliphatic heterocycles. The van der Waals surface area contributed by atoms with E-state index in [2.05, 4.69) is 29.4 Å². The SMILES string of the molecule is Cc1nnc(SCC(=O)NCCC(C)C)o1. The van der Waals surface area contributed by atoms with Crippen LogP contribution in [-0.4, -0.2) is 28.4 Å². The third-order valence-electron chi connectivity index (χ3n) is 1.88. The van der Waals surface area contributed by atoms with Crippen molar-refractivity contribution < 1.29 is 9.21 Å². The number of carbonyl (C=O) groups is 1. The predicted octanol–water partition coefficient (Wildman–Crippen LogP) is 1.63. The summed E-state index contributed by atoms with van der Waals surface area (Å²) in [6.45, 7) is 6.70. The van der Waals surface area contributed by atoms with Gasteiger partial charge in [0.05, 0.1) is 5.75 Å². The third kappa shape index (κ3) is 5.16. The van der Waals surface area contributed by atoms with Gasteiger partial charge in [-0.15, -0.1) is 10.2 Å². The molecule has 16 heavy (non-hydrogen) atoms. The predicted molar refractivity (Wildman–Crippen MR) is 62.2 cm³/mol. The fraction of sp³-hybridized carbons (Fsp3) is 0.700. The highest BCUT2D eigenvalue weighted by molar-refractivity contribution is 7.99. The van der Waals surface area contributed by atoms with Crippen LogP contribution in [0.25, 0.3) is 0 Å². The van der Waals surface area contributed by atoms with Gasteiger partial charge in [-0.3, -0.25) is 4.79 Å². The molecule has 1 heterocycles. The van der Waals surface area contributed by atoms with Gasteiger partial charge in [-0.05, 0) is 12.3 Å². The summed E-state index contributed by atoms with van der Waals surface area (Å²) in [5.41, 5.74) is 0. The van der Waals surface area contributed by atoms with Crippen molar-refractivity contribution in [3.63, 3.8) is 0 Å². The molecule has 1 rings (SSSR count). The molecular weight excluding hydrogens is 226 g/mol. The molecule has 1 amide bonds. The molecule has 0 saturated heterocycles. The fourth-order valence-electron chi connectivity index (χ4n) is 1.02. The van der Waals surface area contributed by atoms with Crippen LogP contribution in [0.4, 0.5) is 0 Å². The van der Waals surface area contributed by atoms with Crippen LogP contribution in [0.2, 0.25) is 0 Å². The van der Waals surface area contributed by atoms with Crippen LogP contribution in [-0.2, 0) is 4.79 Å². The zero-order chi connectivity index (χ0) is 12.0. The highest BCUT2D eigenvalue weighted by atomic mass is 32.2. The highest BCUT2D eigenvalue weighted by Crippen LogP contribution is 2.14. The van der Waals surface area contributed by atoms with Gasteiger partial charge >= 0.3 is 0 Å². The van der Waals surface area contributed by atoms with Crippen LogP contribution in [0.5, 0.6) is 0 Å². The number of nitrogens with one attached hydrogen (secondary N) is 1. The van der Waals surface area contributed by atoms with E-state index in [1.165, 1.54) is 11.8 Å². The molecule has 0 aromatic carbocycles. The lowest BCUT2D eigenvalue weighted by Gasteiger charge is -2.05. The van der Waals surface area contributed by atoms with E-state index < -0.39 is 0 Å². The van der Waals surface area contributed by atoms with Crippen molar-refractivity contribution in [1.82, 2.24) is 15.5 Å². The van der Waals surface area contributed by atoms with Crippen molar-refractivity contribution in [3.05, 3.63) is 5.89 Å². The Bertz CT molecular complexity index is 339. The molecule has 90 valence electrons. The lowest BCUT2D eigenvalue weighted by molar-refractivity contribution is -0.118. The van der Waals surface area contributed by atoms with Crippen LogP contribution in [0.15, 0.2) is 9.64 Å². The average Bonchev–Trinajstić information content (AvgIpc) is 2.61. The van der Waals surface area contributed by atoms with E-state index in [1.807, 2.05) is 0 Å². The van der Waals surface area contributed by atoms with Gasteiger partial charge in [-0.1, -0.05) is 25.6 Å². The lowest BCUT2D eigenvalue weighted by Crippen LogP contribution is -2.26. The first kappa shape index (κ1) is 13.0. The van der Waals surface area contributed by atoms with E-state index in [9.17, 15) is 4.79 Å². The standard InChI is InChI=1S/C10H17N3O2S/c1-7(2)4-5-11-9(14)6-16-10-13-12-8(3)15-10/h7H,4-6H2,1-3H3,(H,11,14). The number of nitrogens with zero attached hydrogens (tertiary/aromatic N) is 2. The molecule has 1 aromatic heterocycles. The molecule has 0 fully saturated rings. The third-order valence-corrected chi connectivity index (χ3v) is 2.70. The van der Waals surface area contributed by atoms with Gasteiger partial charge < -0.3 is 9.73 Å². The average molecular weight is 243 g/mol. The normalized spacial score (nSPS) is 10.8. The minimum absolute atomic E-state index is 0.00139. The summed E-state index contributed by atoms with van der Waals surface area (Å²) in [5.74, 6) is 1.44. The fourth-order valence-corrected chi connectivity index (χ4v) is 1.65. The van der Waals surface area contributed by atoms with E-state index in [0.717, 1.165) is 13.0 Å². The number of thioether (sulfide) groups is 1. The maximum atomic E-state index is 11.4. The van der Waals surface area contributed by atoms with Crippen LogP contribution in [0, 0.1) is 12.8 Å². The molecule has 0 aliphatic carbocycles. The molecule has 0 bridgehead atoms. The Morgan fingerprint density at radius 1 is 1.50 bits per heavy atom. The summed E-state index contributed by atoms with van der Waals surface area (Å²) in [5, 5.41) is 10.8. The van der Waals surface area contributed by atoms with E-state index in [-0.39, 0.29) is 5.91 Å². The number of aryl methyl sites for hydroxylation is 1. The van der Waals surface area contributed by atoms with Crippen molar-refractivity contribution in [3.8, 4) is 0 Å². The maximum Gasteiger partial charge on any atom is 0.277 e. The number of amides is 1. The monoisotopic (exact) mass is 243 g/mol. The smallest absolute Gasteiger partial charge is 0.277 e. The molecule has 0 atom stereocenters. The molecule has 0 radical (unpaired) electrons. The Morgan fingerprint density at radius 2 is 2.25 bits per heavy atom. The van der Waals surface area contributed by atoms with Crippen LogP contribution in [0.3, 0.4) is 0 Å². The zero-order valence-corrected chi connectivity index (χ0v) is 10.6. The summed E-state index contributed by atoms with van der Waals surface area (Å²) in [6, 6.07) is 0. The Kier molecular flexibility index (Phi) is 5.31. The second kappa shape index (κ2) is 6.52. The van der Waals surface area contributed by atoms with Crippen molar-refractivity contribution in [2.75, 3.05) is 12.3 Å². The van der Waals surface area contributed by atoms with E-state index in [1.54, 1.807) is 6.92 Å². The number of aromatic nitrogens is 2. The summed E-state index contributed by atoms with van der Waals surface area (Å²) in [7, 11) is 0. The first-order chi connectivity index (χ1) is 7.58. The van der Waals surface area contributed by atoms with Crippen molar-refractivity contribution in [1.29, 1.82) is 0 Å².